The first-order chi connectivity index (χ1) is 8.20. The molecule has 0 aliphatic carbocycles. The Hall–Kier alpha value is -2.43. The van der Waals surface area contributed by atoms with E-state index in [9.17, 15) is 39.1 Å². The van der Waals surface area contributed by atoms with E-state index in [-0.39, 0.29) is 0 Å². The lowest BCUT2D eigenvalue weighted by molar-refractivity contribution is -0.410. The van der Waals surface area contributed by atoms with Gasteiger partial charge in [-0.05, 0) is 0 Å². The van der Waals surface area contributed by atoms with Gasteiger partial charge < -0.3 is 0 Å². The second kappa shape index (κ2) is 4.44. The van der Waals surface area contributed by atoms with Gasteiger partial charge in [-0.3, -0.25) is 30.3 Å². The van der Waals surface area contributed by atoms with Crippen molar-refractivity contribution < 1.29 is 23.6 Å². The highest BCUT2D eigenvalue weighted by Gasteiger charge is 2.42. The minimum atomic E-state index is -2.18. The lowest BCUT2D eigenvalue weighted by atomic mass is 10.2. The van der Waals surface area contributed by atoms with Crippen molar-refractivity contribution in [2.45, 2.75) is 0 Å². The van der Waals surface area contributed by atoms with Gasteiger partial charge in [-0.1, -0.05) is 11.6 Å². The van der Waals surface area contributed by atoms with Crippen LogP contribution in [0.4, 0.5) is 25.8 Å². The van der Waals surface area contributed by atoms with Crippen LogP contribution in [0.2, 0.25) is 5.02 Å². The zero-order chi connectivity index (χ0) is 14.2. The molecule has 0 aliphatic rings. The highest BCUT2D eigenvalue weighted by atomic mass is 35.5. The maximum absolute atomic E-state index is 13.3. The van der Waals surface area contributed by atoms with E-state index in [0.29, 0.717) is 0 Å². The third kappa shape index (κ3) is 1.90. The molecule has 1 rings (SSSR count). The minimum absolute atomic E-state index is 1.45. The summed E-state index contributed by atoms with van der Waals surface area (Å²) in [6.45, 7) is 0. The van der Waals surface area contributed by atoms with Gasteiger partial charge in [0.25, 0.3) is 11.6 Å². The van der Waals surface area contributed by atoms with E-state index in [1.165, 1.54) is 0 Å². The largest absolute Gasteiger partial charge is 0.354 e. The number of nitro groups is 3. The molecular weight excluding hydrogens is 284 g/mol. The van der Waals surface area contributed by atoms with Gasteiger partial charge in [-0.2, -0.15) is 8.78 Å². The molecule has 0 radical (unpaired) electrons. The molecule has 9 nitrogen and oxygen atoms in total. The lowest BCUT2D eigenvalue weighted by Crippen LogP contribution is -2.06. The number of benzene rings is 1. The van der Waals surface area contributed by atoms with Crippen molar-refractivity contribution in [2.75, 3.05) is 0 Å². The van der Waals surface area contributed by atoms with Crippen LogP contribution in [0, 0.1) is 42.0 Å². The van der Waals surface area contributed by atoms with Gasteiger partial charge in [-0.15, -0.1) is 0 Å². The van der Waals surface area contributed by atoms with Gasteiger partial charge in [-0.25, -0.2) is 0 Å². The summed E-state index contributed by atoms with van der Waals surface area (Å²) in [6, 6.07) is 0. The normalized spacial score (nSPS) is 10.2. The van der Waals surface area contributed by atoms with Crippen molar-refractivity contribution in [3.05, 3.63) is 47.0 Å². The van der Waals surface area contributed by atoms with Gasteiger partial charge in [0, 0.05) is 0 Å². The van der Waals surface area contributed by atoms with Crippen LogP contribution in [-0.2, 0) is 0 Å². The predicted molar refractivity (Wildman–Crippen MR) is 51.3 cm³/mol. The van der Waals surface area contributed by atoms with E-state index in [0.717, 1.165) is 0 Å². The van der Waals surface area contributed by atoms with E-state index in [1.54, 1.807) is 0 Å². The quantitative estimate of drug-likeness (QED) is 0.618. The first kappa shape index (κ1) is 13.6. The van der Waals surface area contributed by atoms with Crippen LogP contribution in [0.1, 0.15) is 0 Å². The average Bonchev–Trinajstić information content (AvgIpc) is 2.14. The van der Waals surface area contributed by atoms with Gasteiger partial charge in [0.1, 0.15) is 0 Å². The molecule has 0 saturated heterocycles. The number of halogens is 3. The fourth-order valence-corrected chi connectivity index (χ4v) is 1.41. The van der Waals surface area contributed by atoms with Crippen molar-refractivity contribution in [2.24, 2.45) is 0 Å². The predicted octanol–water partition coefficient (Wildman–Crippen LogP) is 2.34. The average molecular weight is 284 g/mol. The number of hydrogen-bond donors (Lipinski definition) is 0. The molecule has 0 unspecified atom stereocenters. The number of hydrogen-bond acceptors (Lipinski definition) is 6. The maximum Gasteiger partial charge on any atom is 0.354 e. The third-order valence-corrected chi connectivity index (χ3v) is 2.15. The highest BCUT2D eigenvalue weighted by molar-refractivity contribution is 6.35. The summed E-state index contributed by atoms with van der Waals surface area (Å²) >= 11 is 5.10. The maximum atomic E-state index is 13.3. The molecule has 0 spiro atoms. The molecule has 0 aromatic heterocycles. The Morgan fingerprint density at radius 3 is 1.28 bits per heavy atom. The SMILES string of the molecule is O=[N+]([O-])c1c(F)c([N+](=O)[O-])c(Cl)c([N+](=O)[O-])c1F. The summed E-state index contributed by atoms with van der Waals surface area (Å²) in [5.41, 5.74) is -5.45. The smallest absolute Gasteiger partial charge is 0.258 e. The van der Waals surface area contributed by atoms with Gasteiger partial charge >= 0.3 is 17.1 Å². The van der Waals surface area contributed by atoms with Crippen molar-refractivity contribution in [3.8, 4) is 0 Å². The van der Waals surface area contributed by atoms with Crippen LogP contribution in [0.5, 0.6) is 0 Å². The Morgan fingerprint density at radius 1 is 0.778 bits per heavy atom. The van der Waals surface area contributed by atoms with E-state index >= 15 is 0 Å². The van der Waals surface area contributed by atoms with E-state index < -0.39 is 48.5 Å². The zero-order valence-electron chi connectivity index (χ0n) is 7.93. The summed E-state index contributed by atoms with van der Waals surface area (Å²) in [5, 5.41) is 29.7. The molecule has 1 aromatic carbocycles. The molecule has 0 N–H and O–H groups in total. The summed E-state index contributed by atoms with van der Waals surface area (Å²) in [7, 11) is 0. The number of nitrogens with zero attached hydrogens (tertiary/aromatic N) is 3. The molecule has 0 aliphatic heterocycles. The van der Waals surface area contributed by atoms with Gasteiger partial charge in [0.05, 0.1) is 14.8 Å². The molecule has 12 heteroatoms. The van der Waals surface area contributed by atoms with Crippen LogP contribution in [0.25, 0.3) is 0 Å². The fourth-order valence-electron chi connectivity index (χ4n) is 1.11. The van der Waals surface area contributed by atoms with Crippen molar-refractivity contribution in [3.63, 3.8) is 0 Å². The van der Waals surface area contributed by atoms with E-state index in [2.05, 4.69) is 0 Å². The molecular formula is C6ClF2N3O6. The van der Waals surface area contributed by atoms with Crippen molar-refractivity contribution >= 4 is 28.7 Å². The lowest BCUT2D eigenvalue weighted by Gasteiger charge is -2.01. The molecule has 1 aromatic rings. The summed E-state index contributed by atoms with van der Waals surface area (Å²) < 4.78 is 26.6. The summed E-state index contributed by atoms with van der Waals surface area (Å²) in [4.78, 5) is 26.5. The topological polar surface area (TPSA) is 129 Å². The van der Waals surface area contributed by atoms with Crippen LogP contribution in [0.15, 0.2) is 0 Å². The van der Waals surface area contributed by atoms with Crippen molar-refractivity contribution in [1.29, 1.82) is 0 Å². The van der Waals surface area contributed by atoms with Crippen molar-refractivity contribution in [1.82, 2.24) is 0 Å². The van der Waals surface area contributed by atoms with Gasteiger partial charge in [0.15, 0.2) is 0 Å². The number of nitro benzene ring substituents is 3. The molecule has 0 fully saturated rings. The molecule has 18 heavy (non-hydrogen) atoms. The monoisotopic (exact) mass is 283 g/mol. The second-order valence-corrected chi connectivity index (χ2v) is 3.14. The Bertz CT molecular complexity index is 489. The standard InChI is InChI=1S/C6ClF2N3O6/c7-1-4(10(13)14)2(8)6(12(17)18)3(9)5(1)11(15)16. The zero-order valence-corrected chi connectivity index (χ0v) is 8.68. The van der Waals surface area contributed by atoms with E-state index in [4.69, 9.17) is 11.6 Å². The summed E-state index contributed by atoms with van der Waals surface area (Å²) in [6.07, 6.45) is 0. The second-order valence-electron chi connectivity index (χ2n) is 2.76. The summed E-state index contributed by atoms with van der Waals surface area (Å²) in [5.74, 6) is -4.36. The Labute approximate surface area is 100 Å². The Morgan fingerprint density at radius 2 is 1.06 bits per heavy atom. The molecule has 0 atom stereocenters. The molecule has 0 bridgehead atoms. The third-order valence-electron chi connectivity index (χ3n) is 1.80. The number of rotatable bonds is 3. The fraction of sp³-hybridized carbons (Fsp3) is 0. The van der Waals surface area contributed by atoms with E-state index in [1.807, 2.05) is 0 Å². The molecule has 96 valence electrons. The van der Waals surface area contributed by atoms with Crippen LogP contribution in [-0.4, -0.2) is 14.8 Å². The minimum Gasteiger partial charge on any atom is -0.258 e. The van der Waals surface area contributed by atoms with Crippen LogP contribution >= 0.6 is 11.6 Å². The van der Waals surface area contributed by atoms with Crippen LogP contribution < -0.4 is 0 Å². The molecule has 0 saturated carbocycles. The molecule has 0 heterocycles. The highest BCUT2D eigenvalue weighted by Crippen LogP contribution is 2.43. The molecule has 0 amide bonds. The van der Waals surface area contributed by atoms with Gasteiger partial charge in [0.2, 0.25) is 5.02 Å². The Balaban J connectivity index is 3.94. The van der Waals surface area contributed by atoms with Crippen LogP contribution in [0.3, 0.4) is 0 Å². The Kier molecular flexibility index (Phi) is 3.37. The first-order valence-electron chi connectivity index (χ1n) is 3.83. The first-order valence-corrected chi connectivity index (χ1v) is 4.21.